The van der Waals surface area contributed by atoms with Crippen LogP contribution in [0.5, 0.6) is 0 Å². The minimum absolute atomic E-state index is 0.137. The molecule has 0 aromatic carbocycles. The summed E-state index contributed by atoms with van der Waals surface area (Å²) >= 11 is 0. The molecule has 2 fully saturated rings. The van der Waals surface area contributed by atoms with E-state index in [0.29, 0.717) is 5.92 Å². The maximum atomic E-state index is 10.7. The van der Waals surface area contributed by atoms with E-state index in [1.165, 1.54) is 25.9 Å². The van der Waals surface area contributed by atoms with Crippen LogP contribution in [-0.2, 0) is 5.11 Å². The first-order valence-electron chi connectivity index (χ1n) is 5.92. The van der Waals surface area contributed by atoms with Crippen LogP contribution in [0.15, 0.2) is 0 Å². The van der Waals surface area contributed by atoms with Gasteiger partial charge in [-0.15, -0.1) is 0 Å². The first kappa shape index (κ1) is 10.4. The summed E-state index contributed by atoms with van der Waals surface area (Å²) in [6, 6.07) is 0.784. The molecule has 1 atom stereocenters. The van der Waals surface area contributed by atoms with Crippen molar-refractivity contribution in [2.75, 3.05) is 32.8 Å². The normalized spacial score (nSPS) is 30.2. The molecule has 1 unspecified atom stereocenters. The Morgan fingerprint density at radius 3 is 2.43 bits per heavy atom. The van der Waals surface area contributed by atoms with Crippen LogP contribution in [0.2, 0.25) is 0 Å². The number of rotatable bonds is 4. The lowest BCUT2D eigenvalue weighted by Crippen LogP contribution is -2.45. The molecule has 0 aliphatic carbocycles. The van der Waals surface area contributed by atoms with E-state index >= 15 is 0 Å². The molecule has 0 aromatic heterocycles. The van der Waals surface area contributed by atoms with Crippen molar-refractivity contribution < 1.29 is 5.11 Å². The second kappa shape index (κ2) is 5.10. The van der Waals surface area contributed by atoms with Gasteiger partial charge in [0, 0.05) is 6.04 Å². The van der Waals surface area contributed by atoms with E-state index in [1.54, 1.807) is 0 Å². The highest BCUT2D eigenvalue weighted by atomic mass is 16.3. The van der Waals surface area contributed by atoms with Gasteiger partial charge in [0.05, 0.1) is 6.61 Å². The minimum Gasteiger partial charge on any atom is -0.314 e. The number of piperidine rings is 1. The molecule has 2 saturated heterocycles. The molecular formula is C11H21N2O. The number of hydrogen-bond donors (Lipinski definition) is 1. The molecule has 14 heavy (non-hydrogen) atoms. The molecule has 1 N–H and O–H groups in total. The molecule has 3 heteroatoms. The van der Waals surface area contributed by atoms with Gasteiger partial charge < -0.3 is 10.2 Å². The Balaban J connectivity index is 1.58. The minimum atomic E-state index is 0.137. The predicted octanol–water partition coefficient (Wildman–Crippen LogP) is 0.881. The van der Waals surface area contributed by atoms with E-state index in [0.717, 1.165) is 32.0 Å². The Hall–Kier alpha value is -0.120. The predicted molar refractivity (Wildman–Crippen MR) is 55.7 cm³/mol. The van der Waals surface area contributed by atoms with Crippen molar-refractivity contribution in [2.45, 2.75) is 31.7 Å². The van der Waals surface area contributed by atoms with Gasteiger partial charge in [0.15, 0.2) is 0 Å². The second-order valence-corrected chi connectivity index (χ2v) is 4.68. The zero-order chi connectivity index (χ0) is 9.80. The van der Waals surface area contributed by atoms with Crippen molar-refractivity contribution in [1.82, 2.24) is 10.2 Å². The molecule has 2 rings (SSSR count). The SMILES string of the molecule is [O]CC1CCN(CCC2CCN2)CC1. The van der Waals surface area contributed by atoms with Crippen molar-refractivity contribution in [3.63, 3.8) is 0 Å². The highest BCUT2D eigenvalue weighted by Gasteiger charge is 2.21. The fourth-order valence-electron chi connectivity index (χ4n) is 2.31. The third-order valence-electron chi connectivity index (χ3n) is 3.66. The van der Waals surface area contributed by atoms with Crippen LogP contribution in [0.3, 0.4) is 0 Å². The van der Waals surface area contributed by atoms with Crippen molar-refractivity contribution in [3.05, 3.63) is 0 Å². The summed E-state index contributed by atoms with van der Waals surface area (Å²) < 4.78 is 0. The summed E-state index contributed by atoms with van der Waals surface area (Å²) in [5.74, 6) is 0.466. The molecule has 81 valence electrons. The molecule has 2 aliphatic heterocycles. The maximum Gasteiger partial charge on any atom is 0.0851 e. The number of nitrogens with one attached hydrogen (secondary N) is 1. The molecular weight excluding hydrogens is 176 g/mol. The molecule has 0 saturated carbocycles. The van der Waals surface area contributed by atoms with Crippen molar-refractivity contribution in [2.24, 2.45) is 5.92 Å². The van der Waals surface area contributed by atoms with Crippen LogP contribution in [0.1, 0.15) is 25.7 Å². The number of nitrogens with zero attached hydrogens (tertiary/aromatic N) is 1. The Morgan fingerprint density at radius 2 is 1.93 bits per heavy atom. The van der Waals surface area contributed by atoms with Crippen LogP contribution in [-0.4, -0.2) is 43.7 Å². The summed E-state index contributed by atoms with van der Waals surface area (Å²) in [5, 5.41) is 14.1. The van der Waals surface area contributed by atoms with Gasteiger partial charge in [0.1, 0.15) is 0 Å². The van der Waals surface area contributed by atoms with E-state index in [2.05, 4.69) is 10.2 Å². The molecule has 2 heterocycles. The Bertz CT molecular complexity index is 163. The van der Waals surface area contributed by atoms with Crippen molar-refractivity contribution in [3.8, 4) is 0 Å². The third-order valence-corrected chi connectivity index (χ3v) is 3.66. The Morgan fingerprint density at radius 1 is 1.21 bits per heavy atom. The first-order valence-corrected chi connectivity index (χ1v) is 5.92. The zero-order valence-electron chi connectivity index (χ0n) is 8.87. The van der Waals surface area contributed by atoms with Crippen LogP contribution in [0, 0.1) is 5.92 Å². The molecule has 2 aliphatic rings. The molecule has 0 amide bonds. The lowest BCUT2D eigenvalue weighted by atomic mass is 9.97. The monoisotopic (exact) mass is 197 g/mol. The number of hydrogen-bond acceptors (Lipinski definition) is 2. The van der Waals surface area contributed by atoms with Crippen molar-refractivity contribution >= 4 is 0 Å². The smallest absolute Gasteiger partial charge is 0.0851 e. The van der Waals surface area contributed by atoms with Gasteiger partial charge in [-0.25, -0.2) is 5.11 Å². The fourth-order valence-corrected chi connectivity index (χ4v) is 2.31. The first-order chi connectivity index (χ1) is 6.88. The van der Waals surface area contributed by atoms with Gasteiger partial charge >= 0.3 is 0 Å². The highest BCUT2D eigenvalue weighted by molar-refractivity contribution is 4.79. The van der Waals surface area contributed by atoms with Gasteiger partial charge in [0.25, 0.3) is 0 Å². The molecule has 0 spiro atoms. The average Bonchev–Trinajstić information content (AvgIpc) is 2.16. The summed E-state index contributed by atoms with van der Waals surface area (Å²) in [5.41, 5.74) is 0. The van der Waals surface area contributed by atoms with Crippen LogP contribution >= 0.6 is 0 Å². The van der Waals surface area contributed by atoms with Crippen molar-refractivity contribution in [1.29, 1.82) is 0 Å². The maximum absolute atomic E-state index is 10.7. The van der Waals surface area contributed by atoms with E-state index in [-0.39, 0.29) is 6.61 Å². The van der Waals surface area contributed by atoms with Gasteiger partial charge in [-0.3, -0.25) is 0 Å². The summed E-state index contributed by atoms with van der Waals surface area (Å²) in [6.07, 6.45) is 4.91. The van der Waals surface area contributed by atoms with Crippen LogP contribution in [0.25, 0.3) is 0 Å². The van der Waals surface area contributed by atoms with E-state index in [4.69, 9.17) is 0 Å². The number of likely N-dealkylation sites (tertiary alicyclic amines) is 1. The lowest BCUT2D eigenvalue weighted by Gasteiger charge is -2.34. The fraction of sp³-hybridized carbons (Fsp3) is 1.00. The molecule has 0 bridgehead atoms. The second-order valence-electron chi connectivity index (χ2n) is 4.68. The lowest BCUT2D eigenvalue weighted by molar-refractivity contribution is 0.0887. The summed E-state index contributed by atoms with van der Waals surface area (Å²) in [7, 11) is 0. The summed E-state index contributed by atoms with van der Waals surface area (Å²) in [4.78, 5) is 2.52. The van der Waals surface area contributed by atoms with Crippen LogP contribution in [0.4, 0.5) is 0 Å². The molecule has 0 aromatic rings. The van der Waals surface area contributed by atoms with E-state index in [1.807, 2.05) is 0 Å². The van der Waals surface area contributed by atoms with Crippen LogP contribution < -0.4 is 5.32 Å². The molecule has 3 nitrogen and oxygen atoms in total. The summed E-state index contributed by atoms with van der Waals surface area (Å²) in [6.45, 7) is 4.88. The Kier molecular flexibility index (Phi) is 3.79. The topological polar surface area (TPSA) is 35.2 Å². The van der Waals surface area contributed by atoms with Gasteiger partial charge in [-0.05, 0) is 57.8 Å². The largest absolute Gasteiger partial charge is 0.314 e. The van der Waals surface area contributed by atoms with Gasteiger partial charge in [-0.1, -0.05) is 0 Å². The zero-order valence-corrected chi connectivity index (χ0v) is 8.87. The highest BCUT2D eigenvalue weighted by Crippen LogP contribution is 2.17. The average molecular weight is 197 g/mol. The standard InChI is InChI=1S/C11H21N2O/c14-9-10-2-6-13(7-3-10)8-4-11-1-5-12-11/h10-12H,1-9H2. The van der Waals surface area contributed by atoms with Gasteiger partial charge in [-0.2, -0.15) is 0 Å². The molecule has 1 radical (unpaired) electrons. The quantitative estimate of drug-likeness (QED) is 0.726. The third kappa shape index (κ3) is 2.69. The van der Waals surface area contributed by atoms with E-state index < -0.39 is 0 Å². The van der Waals surface area contributed by atoms with E-state index in [9.17, 15) is 5.11 Å². The van der Waals surface area contributed by atoms with Gasteiger partial charge in [0.2, 0.25) is 0 Å². The Labute approximate surface area is 86.5 Å².